The Kier molecular flexibility index (Phi) is 5.22. The first kappa shape index (κ1) is 17.1. The molecule has 0 bridgehead atoms. The van der Waals surface area contributed by atoms with Crippen molar-refractivity contribution in [3.63, 3.8) is 0 Å². The Bertz CT molecular complexity index is 869. The summed E-state index contributed by atoms with van der Waals surface area (Å²) in [5.41, 5.74) is 3.34. The highest BCUT2D eigenvalue weighted by Gasteiger charge is 2.20. The van der Waals surface area contributed by atoms with E-state index in [1.165, 1.54) is 21.4 Å². The molecule has 0 aliphatic heterocycles. The molecule has 3 aromatic rings. The van der Waals surface area contributed by atoms with Crippen LogP contribution in [0.5, 0.6) is 0 Å². The van der Waals surface area contributed by atoms with E-state index in [0.29, 0.717) is 0 Å². The number of aromatic nitrogens is 3. The third kappa shape index (κ3) is 3.12. The quantitative estimate of drug-likeness (QED) is 0.392. The maximum absolute atomic E-state index is 13.0. The number of fused-ring (bicyclic) bond motifs is 1. The van der Waals surface area contributed by atoms with E-state index < -0.39 is 6.43 Å². The molecule has 3 aromatic heterocycles. The largest absolute Gasteiger partial charge is 0.280 e. The van der Waals surface area contributed by atoms with E-state index in [-0.39, 0.29) is 5.69 Å². The van der Waals surface area contributed by atoms with Gasteiger partial charge >= 0.3 is 0 Å². The molecular weight excluding hydrogens is 499 g/mol. The van der Waals surface area contributed by atoms with Crippen LogP contribution in [0.1, 0.15) is 24.7 Å². The molecule has 0 radical (unpaired) electrons. The van der Waals surface area contributed by atoms with Crippen LogP contribution in [0.25, 0.3) is 22.2 Å². The highest BCUT2D eigenvalue weighted by molar-refractivity contribution is 14.2. The third-order valence-electron chi connectivity index (χ3n) is 3.53. The molecule has 0 aliphatic rings. The Labute approximate surface area is 156 Å². The summed E-state index contributed by atoms with van der Waals surface area (Å²) in [6.45, 7) is 2.05. The van der Waals surface area contributed by atoms with Crippen LogP contribution in [-0.2, 0) is 6.42 Å². The lowest BCUT2D eigenvalue weighted by atomic mass is 10.0. The maximum atomic E-state index is 13.0. The average Bonchev–Trinajstić information content (AvgIpc) is 2.87. The van der Waals surface area contributed by atoms with E-state index in [1.54, 1.807) is 12.3 Å². The topological polar surface area (TPSA) is 30.7 Å². The summed E-state index contributed by atoms with van der Waals surface area (Å²) in [5, 5.41) is 0.937. The van der Waals surface area contributed by atoms with Gasteiger partial charge in [-0.05, 0) is 46.1 Å². The zero-order chi connectivity index (χ0) is 16.6. The highest BCUT2D eigenvalue weighted by atomic mass is 127. The molecule has 0 saturated carbocycles. The monoisotopic (exact) mass is 509 g/mol. The minimum absolute atomic E-state index is 0.212. The lowest BCUT2D eigenvalue weighted by Crippen LogP contribution is -1.94. The van der Waals surface area contributed by atoms with E-state index >= 15 is 0 Å². The van der Waals surface area contributed by atoms with E-state index in [1.807, 2.05) is 17.0 Å². The van der Waals surface area contributed by atoms with Crippen molar-refractivity contribution in [2.45, 2.75) is 19.8 Å². The molecule has 3 heterocycles. The van der Waals surface area contributed by atoms with Crippen molar-refractivity contribution in [3.8, 4) is 11.1 Å². The van der Waals surface area contributed by atoms with E-state index in [4.69, 9.17) is 0 Å². The zero-order valence-corrected chi connectivity index (χ0v) is 16.5. The number of rotatable bonds is 4. The van der Waals surface area contributed by atoms with Crippen LogP contribution < -0.4 is 0 Å². The first-order valence-electron chi connectivity index (χ1n) is 6.79. The van der Waals surface area contributed by atoms with Crippen molar-refractivity contribution in [1.82, 2.24) is 13.9 Å². The number of hydrogen-bond donors (Lipinski definition) is 0. The van der Waals surface area contributed by atoms with Crippen molar-refractivity contribution in [3.05, 3.63) is 46.5 Å². The predicted molar refractivity (Wildman–Crippen MR) is 102 cm³/mol. The number of pyridine rings is 2. The Morgan fingerprint density at radius 2 is 2.13 bits per heavy atom. The number of halogens is 4. The van der Waals surface area contributed by atoms with Crippen LogP contribution >= 0.6 is 46.3 Å². The molecule has 0 aliphatic carbocycles. The first-order valence-corrected chi connectivity index (χ1v) is 10.9. The van der Waals surface area contributed by atoms with Crippen molar-refractivity contribution < 1.29 is 8.78 Å². The number of hydrogen-bond acceptors (Lipinski definition) is 3. The van der Waals surface area contributed by atoms with Crippen LogP contribution in [0, 0.1) is 0 Å². The summed E-state index contributed by atoms with van der Waals surface area (Å²) in [5.74, 6) is 0. The minimum atomic E-state index is -2.59. The van der Waals surface area contributed by atoms with Gasteiger partial charge in [-0.1, -0.05) is 6.92 Å². The molecule has 0 aromatic carbocycles. The lowest BCUT2D eigenvalue weighted by Gasteiger charge is -2.07. The molecule has 0 spiro atoms. The predicted octanol–water partition coefficient (Wildman–Crippen LogP) is 6.21. The minimum Gasteiger partial charge on any atom is -0.262 e. The first-order chi connectivity index (χ1) is 11.1. The Balaban J connectivity index is 2.35. The summed E-state index contributed by atoms with van der Waals surface area (Å²) in [4.78, 5) is 8.25. The number of alkyl halides is 2. The fourth-order valence-electron chi connectivity index (χ4n) is 2.60. The molecule has 3 nitrogen and oxygen atoms in total. The zero-order valence-electron chi connectivity index (χ0n) is 11.9. The van der Waals surface area contributed by atoms with Crippen molar-refractivity contribution in [2.24, 2.45) is 0 Å². The van der Waals surface area contributed by atoms with Crippen LogP contribution in [0.2, 0.25) is 0 Å². The molecule has 0 saturated heterocycles. The molecule has 0 unspecified atom stereocenters. The Morgan fingerprint density at radius 3 is 2.78 bits per heavy atom. The second-order valence-corrected chi connectivity index (χ2v) is 7.43. The average molecular weight is 510 g/mol. The van der Waals surface area contributed by atoms with Gasteiger partial charge in [0.25, 0.3) is 6.43 Å². The number of nitrogens with zero attached hydrogens (tertiary/aromatic N) is 3. The van der Waals surface area contributed by atoms with E-state index in [9.17, 15) is 8.78 Å². The summed E-state index contributed by atoms with van der Waals surface area (Å²) in [7, 11) is 1.53. The van der Waals surface area contributed by atoms with Gasteiger partial charge in [-0.15, -0.1) is 0 Å². The van der Waals surface area contributed by atoms with Crippen LogP contribution in [0.4, 0.5) is 8.78 Å². The maximum Gasteiger partial charge on any atom is 0.280 e. The molecule has 0 fully saturated rings. The van der Waals surface area contributed by atoms with Crippen LogP contribution in [0.15, 0.2) is 35.1 Å². The summed E-state index contributed by atoms with van der Waals surface area (Å²) in [6.07, 6.45) is 1.36. The van der Waals surface area contributed by atoms with Gasteiger partial charge in [0, 0.05) is 63.8 Å². The fourth-order valence-corrected chi connectivity index (χ4v) is 4.72. The van der Waals surface area contributed by atoms with Gasteiger partial charge in [0.2, 0.25) is 0 Å². The lowest BCUT2D eigenvalue weighted by molar-refractivity contribution is 0.146. The van der Waals surface area contributed by atoms with Crippen molar-refractivity contribution in [2.75, 3.05) is 0 Å². The summed E-state index contributed by atoms with van der Waals surface area (Å²) in [6, 6.07) is 5.20. The molecule has 120 valence electrons. The van der Waals surface area contributed by atoms with Gasteiger partial charge in [-0.25, -0.2) is 13.8 Å². The van der Waals surface area contributed by atoms with E-state index in [2.05, 4.69) is 47.1 Å². The fraction of sp³-hybridized carbons (Fsp3) is 0.200. The summed E-state index contributed by atoms with van der Waals surface area (Å²) >= 11 is 5.65. The molecular formula is C15H11BrF2IN3S. The molecule has 3 rings (SSSR count). The second-order valence-electron chi connectivity index (χ2n) is 4.83. The highest BCUT2D eigenvalue weighted by Crippen LogP contribution is 2.39. The second kappa shape index (κ2) is 7.02. The third-order valence-corrected chi connectivity index (χ3v) is 5.67. The van der Waals surface area contributed by atoms with Gasteiger partial charge in [0.15, 0.2) is 5.65 Å². The van der Waals surface area contributed by atoms with Crippen molar-refractivity contribution in [1.29, 1.82) is 0 Å². The summed E-state index contributed by atoms with van der Waals surface area (Å²) < 4.78 is 28.9. The molecule has 8 heteroatoms. The molecule has 0 N–H and O–H groups in total. The Hall–Kier alpha value is -0.740. The van der Waals surface area contributed by atoms with Crippen LogP contribution in [-0.4, -0.2) is 13.9 Å². The molecule has 0 amide bonds. The van der Waals surface area contributed by atoms with Gasteiger partial charge in [0.05, 0.1) is 0 Å². The van der Waals surface area contributed by atoms with Crippen LogP contribution in [0.3, 0.4) is 0 Å². The SMILES string of the molecule is CCc1c(-c2ccnc(C(F)F)c2)c2cc(Br)cnc2n1SI. The van der Waals surface area contributed by atoms with Gasteiger partial charge in [0.1, 0.15) is 5.69 Å². The van der Waals surface area contributed by atoms with Crippen molar-refractivity contribution >= 4 is 57.3 Å². The normalized spacial score (nSPS) is 11.6. The molecule has 0 atom stereocenters. The van der Waals surface area contributed by atoms with E-state index in [0.717, 1.165) is 38.7 Å². The Morgan fingerprint density at radius 1 is 1.35 bits per heavy atom. The van der Waals surface area contributed by atoms with Gasteiger partial charge < -0.3 is 0 Å². The smallest absolute Gasteiger partial charge is 0.262 e. The standard InChI is InChI=1S/C15H11BrF2IN3S/c1-2-12-13(8-3-4-20-11(5-8)14(17)18)10-6-9(16)7-21-15(10)22(12)23-19/h3-7,14H,2H2,1H3. The molecule has 23 heavy (non-hydrogen) atoms. The van der Waals surface area contributed by atoms with Gasteiger partial charge in [-0.3, -0.25) is 8.96 Å². The van der Waals surface area contributed by atoms with Gasteiger partial charge in [-0.2, -0.15) is 0 Å².